The van der Waals surface area contributed by atoms with E-state index in [1.165, 1.54) is 48.4 Å². The van der Waals surface area contributed by atoms with E-state index in [-0.39, 0.29) is 17.3 Å². The van der Waals surface area contributed by atoms with E-state index in [9.17, 15) is 13.2 Å². The second-order valence-electron chi connectivity index (χ2n) is 11.9. The second kappa shape index (κ2) is 9.57. The lowest BCUT2D eigenvalue weighted by Crippen LogP contribution is -2.48. The summed E-state index contributed by atoms with van der Waals surface area (Å²) in [6.07, 6.45) is 8.13. The summed E-state index contributed by atoms with van der Waals surface area (Å²) in [5, 5.41) is 2.95. The topological polar surface area (TPSA) is 66.5 Å². The molecule has 3 aromatic rings. The molecule has 0 unspecified atom stereocenters. The molecule has 3 aromatic carbocycles. The van der Waals surface area contributed by atoms with Gasteiger partial charge in [0.25, 0.3) is 10.0 Å². The highest BCUT2D eigenvalue weighted by Gasteiger charge is 2.51. The third-order valence-corrected chi connectivity index (χ3v) is 10.9. The van der Waals surface area contributed by atoms with Crippen LogP contribution in [0.5, 0.6) is 0 Å². The van der Waals surface area contributed by atoms with Gasteiger partial charge in [-0.3, -0.25) is 9.10 Å². The number of para-hydroxylation sites is 1. The van der Waals surface area contributed by atoms with E-state index in [0.717, 1.165) is 28.9 Å². The molecule has 1 N–H and O–H groups in total. The number of anilines is 2. The summed E-state index contributed by atoms with van der Waals surface area (Å²) in [6, 6.07) is 22.3. The molecule has 6 heteroatoms. The molecule has 4 aliphatic rings. The highest BCUT2D eigenvalue weighted by atomic mass is 32.2. The number of hydrogen-bond donors (Lipinski definition) is 1. The lowest BCUT2D eigenvalue weighted by molar-refractivity contribution is -0.114. The molecule has 0 heterocycles. The largest absolute Gasteiger partial charge is 0.325 e. The zero-order valence-corrected chi connectivity index (χ0v) is 23.0. The first-order valence-electron chi connectivity index (χ1n) is 13.8. The van der Waals surface area contributed by atoms with Crippen molar-refractivity contribution in [3.63, 3.8) is 0 Å². The number of nitrogens with zero attached hydrogens (tertiary/aromatic N) is 1. The summed E-state index contributed by atoms with van der Waals surface area (Å²) in [5.74, 6) is 2.27. The monoisotopic (exact) mass is 528 g/mol. The molecule has 0 aliphatic heterocycles. The smallest absolute Gasteiger partial charge is 0.264 e. The molecule has 0 aromatic heterocycles. The highest BCUT2D eigenvalue weighted by Crippen LogP contribution is 2.60. The number of aryl methyl sites for hydroxylation is 2. The Morgan fingerprint density at radius 1 is 0.842 bits per heavy atom. The lowest BCUT2D eigenvalue weighted by atomic mass is 9.48. The van der Waals surface area contributed by atoms with Crippen molar-refractivity contribution in [1.82, 2.24) is 0 Å². The molecule has 1 amide bonds. The van der Waals surface area contributed by atoms with Crippen LogP contribution in [0.15, 0.2) is 77.7 Å². The Morgan fingerprint density at radius 2 is 1.42 bits per heavy atom. The fourth-order valence-electron chi connectivity index (χ4n) is 7.68. The number of carbonyl (C=O) groups is 1. The molecule has 198 valence electrons. The standard InChI is InChI=1S/C32H36N2O3S/c1-22-7-13-29(14-8-22)38(36,37)34(30-6-4-3-5-23(30)2)21-31(35)33-28-11-9-27(10-12-28)32-18-24-15-25(19-32)17-26(16-24)20-32/h3-14,24-26H,15-21H2,1-2H3,(H,33,35). The van der Waals surface area contributed by atoms with Crippen LogP contribution < -0.4 is 9.62 Å². The fraction of sp³-hybridized carbons (Fsp3) is 0.406. The third-order valence-electron chi connectivity index (χ3n) is 9.10. The summed E-state index contributed by atoms with van der Waals surface area (Å²) < 4.78 is 28.6. The lowest BCUT2D eigenvalue weighted by Gasteiger charge is -2.57. The van der Waals surface area contributed by atoms with Crippen molar-refractivity contribution >= 4 is 27.3 Å². The summed E-state index contributed by atoms with van der Waals surface area (Å²) >= 11 is 0. The van der Waals surface area contributed by atoms with Gasteiger partial charge in [0, 0.05) is 5.69 Å². The number of carbonyl (C=O) groups excluding carboxylic acids is 1. The number of nitrogens with one attached hydrogen (secondary N) is 1. The molecule has 5 nitrogen and oxygen atoms in total. The van der Waals surface area contributed by atoms with E-state index >= 15 is 0 Å². The fourth-order valence-corrected chi connectivity index (χ4v) is 9.17. The van der Waals surface area contributed by atoms with Crippen LogP contribution in [0, 0.1) is 31.6 Å². The highest BCUT2D eigenvalue weighted by molar-refractivity contribution is 7.92. The molecule has 38 heavy (non-hydrogen) atoms. The molecule has 4 bridgehead atoms. The molecule has 0 radical (unpaired) electrons. The minimum absolute atomic E-state index is 0.166. The Kier molecular flexibility index (Phi) is 6.34. The molecule has 0 spiro atoms. The van der Waals surface area contributed by atoms with Gasteiger partial charge in [-0.05, 0) is 117 Å². The summed E-state index contributed by atoms with van der Waals surface area (Å²) in [6.45, 7) is 3.46. The molecular formula is C32H36N2O3S. The zero-order chi connectivity index (χ0) is 26.5. The molecule has 4 fully saturated rings. The Morgan fingerprint density at radius 3 is 2.00 bits per heavy atom. The van der Waals surface area contributed by atoms with E-state index in [2.05, 4.69) is 17.4 Å². The van der Waals surface area contributed by atoms with Crippen molar-refractivity contribution in [2.45, 2.75) is 62.7 Å². The maximum Gasteiger partial charge on any atom is 0.264 e. The summed E-state index contributed by atoms with van der Waals surface area (Å²) in [4.78, 5) is 13.4. The van der Waals surface area contributed by atoms with Crippen molar-refractivity contribution in [3.05, 3.63) is 89.5 Å². The van der Waals surface area contributed by atoms with Crippen molar-refractivity contribution in [1.29, 1.82) is 0 Å². The predicted octanol–water partition coefficient (Wildman–Crippen LogP) is 6.61. The van der Waals surface area contributed by atoms with E-state index < -0.39 is 10.0 Å². The van der Waals surface area contributed by atoms with Crippen molar-refractivity contribution in [2.75, 3.05) is 16.2 Å². The van der Waals surface area contributed by atoms with Crippen LogP contribution in [0.1, 0.15) is 55.2 Å². The average Bonchev–Trinajstić information content (AvgIpc) is 2.88. The van der Waals surface area contributed by atoms with Crippen molar-refractivity contribution < 1.29 is 13.2 Å². The Bertz CT molecular complexity index is 1410. The first kappa shape index (κ1) is 25.2. The van der Waals surface area contributed by atoms with Gasteiger partial charge in [-0.15, -0.1) is 0 Å². The minimum atomic E-state index is -3.94. The Hall–Kier alpha value is -3.12. The molecular weight excluding hydrogens is 492 g/mol. The van der Waals surface area contributed by atoms with E-state index in [4.69, 9.17) is 0 Å². The maximum atomic E-state index is 13.7. The average molecular weight is 529 g/mol. The Labute approximate surface area is 226 Å². The first-order chi connectivity index (χ1) is 18.2. The number of amides is 1. The third kappa shape index (κ3) is 4.64. The normalized spacial score (nSPS) is 25.8. The zero-order valence-electron chi connectivity index (χ0n) is 22.2. The van der Waals surface area contributed by atoms with Gasteiger partial charge in [-0.1, -0.05) is 48.0 Å². The van der Waals surface area contributed by atoms with Gasteiger partial charge in [-0.25, -0.2) is 8.42 Å². The van der Waals surface area contributed by atoms with Crippen LogP contribution in [0.25, 0.3) is 0 Å². The summed E-state index contributed by atoms with van der Waals surface area (Å²) in [5.41, 5.74) is 4.66. The van der Waals surface area contributed by atoms with Gasteiger partial charge in [0.2, 0.25) is 5.91 Å². The van der Waals surface area contributed by atoms with E-state index in [1.54, 1.807) is 36.4 Å². The molecule has 4 saturated carbocycles. The van der Waals surface area contributed by atoms with Crippen LogP contribution in [-0.2, 0) is 20.2 Å². The van der Waals surface area contributed by atoms with Crippen LogP contribution in [-0.4, -0.2) is 20.9 Å². The molecule has 4 aliphatic carbocycles. The minimum Gasteiger partial charge on any atom is -0.325 e. The maximum absolute atomic E-state index is 13.7. The number of sulfonamides is 1. The van der Waals surface area contributed by atoms with Crippen LogP contribution in [0.4, 0.5) is 11.4 Å². The van der Waals surface area contributed by atoms with Crippen molar-refractivity contribution in [2.24, 2.45) is 17.8 Å². The Balaban J connectivity index is 1.22. The first-order valence-corrected chi connectivity index (χ1v) is 15.2. The van der Waals surface area contributed by atoms with Gasteiger partial charge in [-0.2, -0.15) is 0 Å². The quantitative estimate of drug-likeness (QED) is 0.375. The molecule has 0 atom stereocenters. The number of benzene rings is 3. The number of hydrogen-bond acceptors (Lipinski definition) is 3. The van der Waals surface area contributed by atoms with Crippen molar-refractivity contribution in [3.8, 4) is 0 Å². The van der Waals surface area contributed by atoms with Gasteiger partial charge >= 0.3 is 0 Å². The summed E-state index contributed by atoms with van der Waals surface area (Å²) in [7, 11) is -3.94. The predicted molar refractivity (Wildman–Crippen MR) is 152 cm³/mol. The van der Waals surface area contributed by atoms with E-state index in [1.807, 2.05) is 38.1 Å². The molecule has 0 saturated heterocycles. The number of rotatable bonds is 7. The van der Waals surface area contributed by atoms with Gasteiger partial charge in [0.05, 0.1) is 10.6 Å². The van der Waals surface area contributed by atoms with Crippen LogP contribution >= 0.6 is 0 Å². The van der Waals surface area contributed by atoms with Crippen LogP contribution in [0.2, 0.25) is 0 Å². The van der Waals surface area contributed by atoms with E-state index in [0.29, 0.717) is 16.8 Å². The van der Waals surface area contributed by atoms with Gasteiger partial charge in [0.1, 0.15) is 6.54 Å². The van der Waals surface area contributed by atoms with Gasteiger partial charge < -0.3 is 5.32 Å². The molecule has 7 rings (SSSR count). The SMILES string of the molecule is Cc1ccc(S(=O)(=O)N(CC(=O)Nc2ccc(C34CC5CC(CC(C5)C3)C4)cc2)c2ccccc2C)cc1. The van der Waals surface area contributed by atoms with Crippen LogP contribution in [0.3, 0.4) is 0 Å². The second-order valence-corrected chi connectivity index (χ2v) is 13.8. The van der Waals surface area contributed by atoms with Gasteiger partial charge in [0.15, 0.2) is 0 Å².